The Bertz CT molecular complexity index is 663. The lowest BCUT2D eigenvalue weighted by Crippen LogP contribution is -2.46. The highest BCUT2D eigenvalue weighted by molar-refractivity contribution is 6.01. The van der Waals surface area contributed by atoms with Crippen LogP contribution in [0.5, 0.6) is 0 Å². The van der Waals surface area contributed by atoms with Crippen molar-refractivity contribution in [3.63, 3.8) is 0 Å². The highest BCUT2D eigenvalue weighted by atomic mass is 16.4. The number of pyridine rings is 1. The summed E-state index contributed by atoms with van der Waals surface area (Å²) in [5, 5.41) is 12.6. The van der Waals surface area contributed by atoms with E-state index in [-0.39, 0.29) is 5.91 Å². The molecule has 27 heavy (non-hydrogen) atoms. The number of piperazine rings is 1. The van der Waals surface area contributed by atoms with Crippen LogP contribution in [0.3, 0.4) is 0 Å². The second-order valence-electron chi connectivity index (χ2n) is 7.80. The predicted octanol–water partition coefficient (Wildman–Crippen LogP) is 1.87. The lowest BCUT2D eigenvalue weighted by Gasteiger charge is -2.33. The van der Waals surface area contributed by atoms with Crippen LogP contribution in [-0.4, -0.2) is 60.1 Å². The van der Waals surface area contributed by atoms with Gasteiger partial charge < -0.3 is 20.2 Å². The Balaban J connectivity index is 1.64. The highest BCUT2D eigenvalue weighted by Crippen LogP contribution is 2.35. The maximum atomic E-state index is 12.8. The fraction of sp³-hybridized carbons (Fsp3) is 0.650. The van der Waals surface area contributed by atoms with Crippen LogP contribution in [0.1, 0.15) is 44.1 Å². The molecule has 2 N–H and O–H groups in total. The molecule has 1 amide bonds. The number of nitrogens with zero attached hydrogens (tertiary/aromatic N) is 3. The van der Waals surface area contributed by atoms with E-state index in [1.165, 1.54) is 0 Å². The number of anilines is 1. The van der Waals surface area contributed by atoms with Crippen LogP contribution < -0.4 is 10.2 Å². The standard InChI is InChI=1S/C20H30N4O3/c1-23-10-12-24(13-11-23)17-14-16(6-9-21-17)15-22-18(25)20(19(26)27)7-4-2-3-5-8-20/h6,9,14H,2-5,7-8,10-13,15H2,1H3,(H,22,25)(H,26,27). The van der Waals surface area contributed by atoms with Crippen LogP contribution in [0.15, 0.2) is 18.3 Å². The van der Waals surface area contributed by atoms with Gasteiger partial charge in [-0.25, -0.2) is 4.98 Å². The molecular formula is C20H30N4O3. The van der Waals surface area contributed by atoms with Crippen LogP contribution in [-0.2, 0) is 16.1 Å². The summed E-state index contributed by atoms with van der Waals surface area (Å²) in [5.74, 6) is -0.429. The van der Waals surface area contributed by atoms with Crippen LogP contribution in [0.25, 0.3) is 0 Å². The number of hydrogen-bond donors (Lipinski definition) is 2. The van der Waals surface area contributed by atoms with E-state index < -0.39 is 11.4 Å². The Hall–Kier alpha value is -2.15. The zero-order valence-corrected chi connectivity index (χ0v) is 16.1. The Morgan fingerprint density at radius 1 is 1.15 bits per heavy atom. The van der Waals surface area contributed by atoms with E-state index in [1.807, 2.05) is 12.1 Å². The second-order valence-corrected chi connectivity index (χ2v) is 7.80. The Kier molecular flexibility index (Phi) is 6.31. The minimum Gasteiger partial charge on any atom is -0.480 e. The monoisotopic (exact) mass is 374 g/mol. The van der Waals surface area contributed by atoms with Crippen molar-refractivity contribution in [2.75, 3.05) is 38.1 Å². The summed E-state index contributed by atoms with van der Waals surface area (Å²) >= 11 is 0. The van der Waals surface area contributed by atoms with Gasteiger partial charge in [-0.2, -0.15) is 0 Å². The number of aromatic nitrogens is 1. The van der Waals surface area contributed by atoms with Gasteiger partial charge >= 0.3 is 5.97 Å². The zero-order valence-electron chi connectivity index (χ0n) is 16.1. The molecule has 2 fully saturated rings. The first-order valence-electron chi connectivity index (χ1n) is 9.91. The molecule has 1 aromatic heterocycles. The number of rotatable bonds is 5. The van der Waals surface area contributed by atoms with Gasteiger partial charge in [-0.1, -0.05) is 25.7 Å². The maximum Gasteiger partial charge on any atom is 0.319 e. The first-order valence-corrected chi connectivity index (χ1v) is 9.91. The molecule has 1 saturated carbocycles. The molecule has 0 aromatic carbocycles. The van der Waals surface area contributed by atoms with Crippen LogP contribution >= 0.6 is 0 Å². The molecule has 1 aliphatic heterocycles. The van der Waals surface area contributed by atoms with E-state index in [2.05, 4.69) is 27.1 Å². The smallest absolute Gasteiger partial charge is 0.319 e. The van der Waals surface area contributed by atoms with Crippen molar-refractivity contribution in [2.45, 2.75) is 45.1 Å². The van der Waals surface area contributed by atoms with Gasteiger partial charge in [-0.15, -0.1) is 0 Å². The van der Waals surface area contributed by atoms with Crippen molar-refractivity contribution < 1.29 is 14.7 Å². The van der Waals surface area contributed by atoms with Gasteiger partial charge in [0.05, 0.1) is 0 Å². The molecule has 148 valence electrons. The number of carbonyl (C=O) groups excluding carboxylic acids is 1. The highest BCUT2D eigenvalue weighted by Gasteiger charge is 2.45. The summed E-state index contributed by atoms with van der Waals surface area (Å²) in [6.07, 6.45) is 6.20. The van der Waals surface area contributed by atoms with E-state index in [0.29, 0.717) is 19.4 Å². The van der Waals surface area contributed by atoms with Crippen molar-refractivity contribution in [1.82, 2.24) is 15.2 Å². The largest absolute Gasteiger partial charge is 0.480 e. The SMILES string of the molecule is CN1CCN(c2cc(CNC(=O)C3(C(=O)O)CCCCCC3)ccn2)CC1. The third-order valence-corrected chi connectivity index (χ3v) is 5.89. The lowest BCUT2D eigenvalue weighted by atomic mass is 9.79. The van der Waals surface area contributed by atoms with Crippen molar-refractivity contribution in [3.05, 3.63) is 23.9 Å². The summed E-state index contributed by atoms with van der Waals surface area (Å²) in [6, 6.07) is 3.87. The molecule has 0 spiro atoms. The molecule has 0 bridgehead atoms. The average Bonchev–Trinajstić information content (AvgIpc) is 2.94. The topological polar surface area (TPSA) is 85.8 Å². The lowest BCUT2D eigenvalue weighted by molar-refractivity contribution is -0.157. The zero-order chi connectivity index (χ0) is 19.3. The third kappa shape index (κ3) is 4.58. The first-order chi connectivity index (χ1) is 13.0. The van der Waals surface area contributed by atoms with Crippen LogP contribution in [0.4, 0.5) is 5.82 Å². The third-order valence-electron chi connectivity index (χ3n) is 5.89. The molecule has 0 unspecified atom stereocenters. The fourth-order valence-electron chi connectivity index (χ4n) is 4.00. The molecule has 2 aliphatic rings. The van der Waals surface area contributed by atoms with Gasteiger partial charge in [0, 0.05) is 38.9 Å². The molecule has 3 rings (SSSR count). The number of aliphatic carboxylic acids is 1. The molecule has 7 heteroatoms. The first kappa shape index (κ1) is 19.6. The number of carboxylic acid groups (broad SMARTS) is 1. The summed E-state index contributed by atoms with van der Waals surface area (Å²) in [6.45, 7) is 4.20. The van der Waals surface area contributed by atoms with Crippen molar-refractivity contribution in [3.8, 4) is 0 Å². The minimum absolute atomic E-state index is 0.330. The Labute approximate surface area is 160 Å². The summed E-state index contributed by atoms with van der Waals surface area (Å²) in [5.41, 5.74) is -0.328. The Morgan fingerprint density at radius 2 is 1.81 bits per heavy atom. The summed E-state index contributed by atoms with van der Waals surface area (Å²) < 4.78 is 0. The van der Waals surface area contributed by atoms with Crippen molar-refractivity contribution >= 4 is 17.7 Å². The number of carboxylic acids is 1. The molecule has 2 heterocycles. The summed E-state index contributed by atoms with van der Waals surface area (Å²) in [7, 11) is 2.11. The van der Waals surface area contributed by atoms with E-state index in [4.69, 9.17) is 0 Å². The molecule has 7 nitrogen and oxygen atoms in total. The number of carbonyl (C=O) groups is 2. The van der Waals surface area contributed by atoms with Crippen molar-refractivity contribution in [2.24, 2.45) is 5.41 Å². The van der Waals surface area contributed by atoms with E-state index in [9.17, 15) is 14.7 Å². The van der Waals surface area contributed by atoms with Crippen LogP contribution in [0.2, 0.25) is 0 Å². The molecule has 0 atom stereocenters. The predicted molar refractivity (Wildman–Crippen MR) is 104 cm³/mol. The van der Waals surface area contributed by atoms with E-state index >= 15 is 0 Å². The van der Waals surface area contributed by atoms with Gasteiger partial charge in [-0.3, -0.25) is 9.59 Å². The van der Waals surface area contributed by atoms with Crippen LogP contribution in [0, 0.1) is 5.41 Å². The van der Waals surface area contributed by atoms with Gasteiger partial charge in [0.1, 0.15) is 11.2 Å². The number of hydrogen-bond acceptors (Lipinski definition) is 5. The molecule has 1 aliphatic carbocycles. The van der Waals surface area contributed by atoms with E-state index in [1.54, 1.807) is 6.20 Å². The maximum absolute atomic E-state index is 12.8. The average molecular weight is 374 g/mol. The molecule has 1 saturated heterocycles. The quantitative estimate of drug-likeness (QED) is 0.605. The molecule has 0 radical (unpaired) electrons. The van der Waals surface area contributed by atoms with Crippen molar-refractivity contribution in [1.29, 1.82) is 0 Å². The van der Waals surface area contributed by atoms with Gasteiger partial charge in [0.2, 0.25) is 5.91 Å². The molecule has 1 aromatic rings. The van der Waals surface area contributed by atoms with E-state index in [0.717, 1.165) is 63.2 Å². The minimum atomic E-state index is -1.27. The number of nitrogens with one attached hydrogen (secondary N) is 1. The second kappa shape index (κ2) is 8.69. The number of likely N-dealkylation sites (N-methyl/N-ethyl adjacent to an activating group) is 1. The fourth-order valence-corrected chi connectivity index (χ4v) is 4.00. The van der Waals surface area contributed by atoms with Gasteiger partial charge in [-0.05, 0) is 37.6 Å². The van der Waals surface area contributed by atoms with Gasteiger partial charge in [0.15, 0.2) is 0 Å². The number of amides is 1. The normalized spacial score (nSPS) is 20.7. The molecular weight excluding hydrogens is 344 g/mol. The summed E-state index contributed by atoms with van der Waals surface area (Å²) in [4.78, 5) is 33.7. The van der Waals surface area contributed by atoms with Gasteiger partial charge in [0.25, 0.3) is 0 Å². The Morgan fingerprint density at radius 3 is 2.44 bits per heavy atom.